The minimum Gasteiger partial charge on any atom is -0.309 e. The van der Waals surface area contributed by atoms with E-state index in [9.17, 15) is 13.2 Å². The molecule has 1 aliphatic rings. The molecule has 15 heavy (non-hydrogen) atoms. The van der Waals surface area contributed by atoms with Gasteiger partial charge >= 0.3 is 6.18 Å². The number of nitrogens with zero attached hydrogens (tertiary/aromatic N) is 1. The van der Waals surface area contributed by atoms with Crippen molar-refractivity contribution in [3.8, 4) is 0 Å². The molecule has 0 spiro atoms. The highest BCUT2D eigenvalue weighted by molar-refractivity contribution is 4.92. The van der Waals surface area contributed by atoms with Gasteiger partial charge in [-0.25, -0.2) is 0 Å². The molecule has 0 bridgehead atoms. The molecule has 0 saturated carbocycles. The molecule has 1 rings (SSSR count). The van der Waals surface area contributed by atoms with Crippen molar-refractivity contribution in [1.82, 2.24) is 10.2 Å². The molecule has 0 aromatic carbocycles. The zero-order chi connectivity index (χ0) is 11.7. The number of alkyl halides is 3. The van der Waals surface area contributed by atoms with E-state index >= 15 is 0 Å². The van der Waals surface area contributed by atoms with Gasteiger partial charge in [0.05, 0.1) is 6.54 Å². The second kappa shape index (κ2) is 4.29. The summed E-state index contributed by atoms with van der Waals surface area (Å²) in [6.07, 6.45) is -3.35. The topological polar surface area (TPSA) is 15.3 Å². The Morgan fingerprint density at radius 1 is 1.40 bits per heavy atom. The van der Waals surface area contributed by atoms with Crippen molar-refractivity contribution in [3.63, 3.8) is 0 Å². The van der Waals surface area contributed by atoms with Crippen LogP contribution in [0.5, 0.6) is 0 Å². The van der Waals surface area contributed by atoms with Crippen molar-refractivity contribution >= 4 is 0 Å². The molecule has 1 aliphatic heterocycles. The Morgan fingerprint density at radius 2 is 2.00 bits per heavy atom. The van der Waals surface area contributed by atoms with E-state index in [1.165, 1.54) is 4.90 Å². The molecule has 1 unspecified atom stereocenters. The Labute approximate surface area is 88.8 Å². The first kappa shape index (κ1) is 12.8. The van der Waals surface area contributed by atoms with Gasteiger partial charge in [-0.05, 0) is 20.3 Å². The fourth-order valence-electron chi connectivity index (χ4n) is 2.03. The molecular weight excluding hydrogens is 205 g/mol. The minimum atomic E-state index is -4.10. The van der Waals surface area contributed by atoms with Gasteiger partial charge in [0.1, 0.15) is 0 Å². The quantitative estimate of drug-likeness (QED) is 0.772. The van der Waals surface area contributed by atoms with Crippen LogP contribution in [0.1, 0.15) is 27.2 Å². The minimum absolute atomic E-state index is 0.000324. The molecule has 90 valence electrons. The summed E-state index contributed by atoms with van der Waals surface area (Å²) in [4.78, 5) is 1.54. The molecule has 1 atom stereocenters. The van der Waals surface area contributed by atoms with E-state index in [-0.39, 0.29) is 11.6 Å². The first-order valence-electron chi connectivity index (χ1n) is 5.29. The van der Waals surface area contributed by atoms with Crippen LogP contribution in [-0.4, -0.2) is 42.3 Å². The Kier molecular flexibility index (Phi) is 3.66. The van der Waals surface area contributed by atoms with Gasteiger partial charge in [-0.3, -0.25) is 4.90 Å². The summed E-state index contributed by atoms with van der Waals surface area (Å²) in [5.41, 5.74) is -0.225. The average Bonchev–Trinajstić information content (AvgIpc) is 1.99. The van der Waals surface area contributed by atoms with Gasteiger partial charge in [-0.2, -0.15) is 13.2 Å². The van der Waals surface area contributed by atoms with Gasteiger partial charge in [-0.1, -0.05) is 6.92 Å². The molecule has 2 nitrogen and oxygen atoms in total. The van der Waals surface area contributed by atoms with Crippen molar-refractivity contribution in [3.05, 3.63) is 0 Å². The highest BCUT2D eigenvalue weighted by Crippen LogP contribution is 2.23. The smallest absolute Gasteiger partial charge is 0.309 e. The molecule has 0 radical (unpaired) electrons. The number of piperazine rings is 1. The molecule has 0 aliphatic carbocycles. The third-order valence-electron chi connectivity index (χ3n) is 2.78. The van der Waals surface area contributed by atoms with E-state index in [0.29, 0.717) is 13.1 Å². The zero-order valence-electron chi connectivity index (χ0n) is 9.49. The van der Waals surface area contributed by atoms with Crippen LogP contribution in [0.2, 0.25) is 0 Å². The van der Waals surface area contributed by atoms with Crippen molar-refractivity contribution in [1.29, 1.82) is 0 Å². The lowest BCUT2D eigenvalue weighted by Gasteiger charge is -2.44. The van der Waals surface area contributed by atoms with Gasteiger partial charge < -0.3 is 5.32 Å². The first-order chi connectivity index (χ1) is 6.73. The Balaban J connectivity index is 2.64. The molecule has 0 aromatic heterocycles. The fraction of sp³-hybridized carbons (Fsp3) is 1.00. The van der Waals surface area contributed by atoms with E-state index in [1.807, 2.05) is 20.8 Å². The Bertz CT molecular complexity index is 211. The maximum Gasteiger partial charge on any atom is 0.401 e. The predicted octanol–water partition coefficient (Wildman–Crippen LogP) is 2.01. The summed E-state index contributed by atoms with van der Waals surface area (Å²) in [5.74, 6) is 0. The Morgan fingerprint density at radius 3 is 2.47 bits per heavy atom. The maximum absolute atomic E-state index is 12.3. The van der Waals surface area contributed by atoms with Crippen molar-refractivity contribution < 1.29 is 13.2 Å². The summed E-state index contributed by atoms with van der Waals surface area (Å²) in [6.45, 7) is 6.08. The fourth-order valence-corrected chi connectivity index (χ4v) is 2.03. The molecular formula is C10H19F3N2. The highest BCUT2D eigenvalue weighted by atomic mass is 19.4. The van der Waals surface area contributed by atoms with Crippen molar-refractivity contribution in [2.24, 2.45) is 0 Å². The van der Waals surface area contributed by atoms with Crippen molar-refractivity contribution in [2.45, 2.75) is 44.9 Å². The highest BCUT2D eigenvalue weighted by Gasteiger charge is 2.38. The number of hydrogen-bond acceptors (Lipinski definition) is 2. The first-order valence-corrected chi connectivity index (χ1v) is 5.29. The van der Waals surface area contributed by atoms with Gasteiger partial charge in [-0.15, -0.1) is 0 Å². The van der Waals surface area contributed by atoms with E-state index in [0.717, 1.165) is 6.42 Å². The second-order valence-corrected chi connectivity index (χ2v) is 4.85. The van der Waals surface area contributed by atoms with E-state index in [4.69, 9.17) is 0 Å². The van der Waals surface area contributed by atoms with Gasteiger partial charge in [0.25, 0.3) is 0 Å². The van der Waals surface area contributed by atoms with Crippen LogP contribution < -0.4 is 5.32 Å². The maximum atomic E-state index is 12.3. The van der Waals surface area contributed by atoms with Gasteiger partial charge in [0.2, 0.25) is 0 Å². The molecule has 1 N–H and O–H groups in total. The van der Waals surface area contributed by atoms with Gasteiger partial charge in [0.15, 0.2) is 0 Å². The molecule has 1 saturated heterocycles. The van der Waals surface area contributed by atoms with Crippen LogP contribution in [-0.2, 0) is 0 Å². The average molecular weight is 224 g/mol. The third kappa shape index (κ3) is 3.99. The third-order valence-corrected chi connectivity index (χ3v) is 2.78. The zero-order valence-corrected chi connectivity index (χ0v) is 9.49. The number of hydrogen-bond donors (Lipinski definition) is 1. The van der Waals surface area contributed by atoms with Crippen LogP contribution >= 0.6 is 0 Å². The number of rotatable bonds is 2. The van der Waals surface area contributed by atoms with E-state index in [1.54, 1.807) is 0 Å². The van der Waals surface area contributed by atoms with Crippen LogP contribution in [0.25, 0.3) is 0 Å². The number of halogens is 3. The summed E-state index contributed by atoms with van der Waals surface area (Å²) in [5, 5.41) is 3.27. The van der Waals surface area contributed by atoms with Crippen molar-refractivity contribution in [2.75, 3.05) is 19.6 Å². The summed E-state index contributed by atoms with van der Waals surface area (Å²) in [7, 11) is 0. The monoisotopic (exact) mass is 224 g/mol. The standard InChI is InChI=1S/C10H19F3N2/c1-4-8-5-14-9(2,3)6-15(8)7-10(11,12)13/h8,14H,4-7H2,1-3H3. The number of nitrogens with one attached hydrogen (secondary N) is 1. The van der Waals surface area contributed by atoms with Crippen LogP contribution in [0, 0.1) is 0 Å². The second-order valence-electron chi connectivity index (χ2n) is 4.85. The molecule has 5 heteroatoms. The lowest BCUT2D eigenvalue weighted by Crippen LogP contribution is -2.62. The molecule has 1 heterocycles. The summed E-state index contributed by atoms with van der Waals surface area (Å²) in [6, 6.07) is -0.000324. The van der Waals surface area contributed by atoms with E-state index in [2.05, 4.69) is 5.32 Å². The molecule has 0 aromatic rings. The predicted molar refractivity (Wildman–Crippen MR) is 53.8 cm³/mol. The lowest BCUT2D eigenvalue weighted by atomic mass is 9.97. The largest absolute Gasteiger partial charge is 0.401 e. The summed E-state index contributed by atoms with van der Waals surface area (Å²) < 4.78 is 37.0. The molecule has 1 fully saturated rings. The lowest BCUT2D eigenvalue weighted by molar-refractivity contribution is -0.156. The van der Waals surface area contributed by atoms with Crippen LogP contribution in [0.4, 0.5) is 13.2 Å². The SMILES string of the molecule is CCC1CNC(C)(C)CN1CC(F)(F)F. The summed E-state index contributed by atoms with van der Waals surface area (Å²) >= 11 is 0. The van der Waals surface area contributed by atoms with E-state index < -0.39 is 12.7 Å². The van der Waals surface area contributed by atoms with Crippen LogP contribution in [0.3, 0.4) is 0 Å². The normalized spacial score (nSPS) is 28.0. The Hall–Kier alpha value is -0.290. The van der Waals surface area contributed by atoms with Crippen LogP contribution in [0.15, 0.2) is 0 Å². The van der Waals surface area contributed by atoms with Gasteiger partial charge in [0, 0.05) is 24.7 Å². The molecule has 0 amide bonds.